The van der Waals surface area contributed by atoms with Gasteiger partial charge in [0, 0.05) is 35.0 Å². The summed E-state index contributed by atoms with van der Waals surface area (Å²) in [5.41, 5.74) is 11.0. The van der Waals surface area contributed by atoms with Crippen molar-refractivity contribution in [1.82, 2.24) is 9.61 Å². The second-order valence-corrected chi connectivity index (χ2v) is 10.4. The van der Waals surface area contributed by atoms with E-state index in [0.29, 0.717) is 33.9 Å². The number of amides is 1. The Kier molecular flexibility index (Phi) is 8.60. The normalized spacial score (nSPS) is 12.5. The molecular formula is C30H22ClF2IN6O. The number of rotatable bonds is 8. The number of alkyl halides is 1. The van der Waals surface area contributed by atoms with Crippen molar-refractivity contribution < 1.29 is 13.6 Å². The number of nitrogens with one attached hydrogen (secondary N) is 2. The highest BCUT2D eigenvalue weighted by molar-refractivity contribution is 14.1. The van der Waals surface area contributed by atoms with Gasteiger partial charge in [-0.2, -0.15) is 5.10 Å². The third-order valence-corrected chi connectivity index (χ3v) is 6.93. The lowest BCUT2D eigenvalue weighted by atomic mass is 10.0. The number of anilines is 2. The van der Waals surface area contributed by atoms with Crippen molar-refractivity contribution in [3.8, 4) is 11.3 Å². The van der Waals surface area contributed by atoms with Crippen LogP contribution in [0.15, 0.2) is 102 Å². The van der Waals surface area contributed by atoms with Crippen LogP contribution in [-0.2, 0) is 0 Å². The third-order valence-electron chi connectivity index (χ3n) is 5.98. The SMILES string of the molecule is N/C(=C\C=N/C(I)Nc1cccc(F)c1)c1c(-c2cccc(NC(=O)c3ccc(F)cc3Cl)c2)nn2ccccc12. The topological polar surface area (TPSA) is 96.8 Å². The summed E-state index contributed by atoms with van der Waals surface area (Å²) in [4.78, 5) is 17.2. The number of fused-ring (bicyclic) bond motifs is 1. The molecule has 0 aliphatic heterocycles. The van der Waals surface area contributed by atoms with E-state index in [9.17, 15) is 13.6 Å². The molecule has 41 heavy (non-hydrogen) atoms. The Labute approximate surface area is 252 Å². The van der Waals surface area contributed by atoms with Crippen LogP contribution in [0, 0.1) is 11.6 Å². The molecule has 11 heteroatoms. The van der Waals surface area contributed by atoms with Crippen molar-refractivity contribution >= 4 is 68.9 Å². The van der Waals surface area contributed by atoms with Crippen molar-refractivity contribution in [1.29, 1.82) is 0 Å². The lowest BCUT2D eigenvalue weighted by molar-refractivity contribution is 0.102. The zero-order chi connectivity index (χ0) is 28.9. The molecule has 0 fully saturated rings. The number of nitrogens with zero attached hydrogens (tertiary/aromatic N) is 3. The molecule has 206 valence electrons. The van der Waals surface area contributed by atoms with Crippen LogP contribution in [0.4, 0.5) is 20.2 Å². The molecule has 0 aliphatic carbocycles. The lowest BCUT2D eigenvalue weighted by Crippen LogP contribution is -2.12. The highest BCUT2D eigenvalue weighted by atomic mass is 127. The van der Waals surface area contributed by atoms with Crippen LogP contribution < -0.4 is 16.4 Å². The number of carbonyl (C=O) groups excluding carboxylic acids is 1. The molecule has 0 saturated heterocycles. The van der Waals surface area contributed by atoms with Gasteiger partial charge in [0.15, 0.2) is 4.17 Å². The fourth-order valence-electron chi connectivity index (χ4n) is 4.14. The van der Waals surface area contributed by atoms with Crippen LogP contribution >= 0.6 is 34.2 Å². The number of benzene rings is 3. The van der Waals surface area contributed by atoms with Gasteiger partial charge in [0.2, 0.25) is 0 Å². The Balaban J connectivity index is 1.42. The predicted octanol–water partition coefficient (Wildman–Crippen LogP) is 7.39. The number of aliphatic imine (C=N–C) groups is 1. The minimum Gasteiger partial charge on any atom is -0.398 e. The van der Waals surface area contributed by atoms with Gasteiger partial charge < -0.3 is 16.4 Å². The van der Waals surface area contributed by atoms with E-state index in [1.807, 2.05) is 30.5 Å². The number of nitrogens with two attached hydrogens (primary N) is 1. The van der Waals surface area contributed by atoms with Crippen molar-refractivity contribution in [2.75, 3.05) is 10.6 Å². The number of aromatic nitrogens is 2. The van der Waals surface area contributed by atoms with E-state index in [2.05, 4.69) is 38.2 Å². The van der Waals surface area contributed by atoms with Crippen molar-refractivity contribution in [3.63, 3.8) is 0 Å². The minimum absolute atomic E-state index is 0.0146. The van der Waals surface area contributed by atoms with E-state index in [1.165, 1.54) is 24.3 Å². The van der Waals surface area contributed by atoms with Crippen molar-refractivity contribution in [3.05, 3.63) is 125 Å². The van der Waals surface area contributed by atoms with Crippen LogP contribution in [0.5, 0.6) is 0 Å². The summed E-state index contributed by atoms with van der Waals surface area (Å²) in [6, 6.07) is 22.5. The zero-order valence-electron chi connectivity index (χ0n) is 21.2. The molecule has 2 aromatic heterocycles. The highest BCUT2D eigenvalue weighted by Crippen LogP contribution is 2.31. The summed E-state index contributed by atoms with van der Waals surface area (Å²) in [7, 11) is 0. The molecule has 5 aromatic rings. The summed E-state index contributed by atoms with van der Waals surface area (Å²) in [6.07, 6.45) is 5.07. The van der Waals surface area contributed by atoms with Crippen molar-refractivity contribution in [2.24, 2.45) is 10.7 Å². The van der Waals surface area contributed by atoms with E-state index in [1.54, 1.807) is 47.1 Å². The van der Waals surface area contributed by atoms with Gasteiger partial charge in [-0.05, 0) is 89.3 Å². The maximum absolute atomic E-state index is 13.5. The van der Waals surface area contributed by atoms with Gasteiger partial charge in [0.25, 0.3) is 5.91 Å². The van der Waals surface area contributed by atoms with Gasteiger partial charge in [-0.15, -0.1) is 0 Å². The fraction of sp³-hybridized carbons (Fsp3) is 0.0333. The fourth-order valence-corrected chi connectivity index (χ4v) is 4.94. The number of hydrogen-bond acceptors (Lipinski definition) is 5. The first-order chi connectivity index (χ1) is 19.8. The molecule has 0 saturated carbocycles. The number of halogens is 4. The van der Waals surface area contributed by atoms with Crippen LogP contribution in [0.3, 0.4) is 0 Å². The largest absolute Gasteiger partial charge is 0.398 e. The van der Waals surface area contributed by atoms with Crippen LogP contribution in [0.1, 0.15) is 15.9 Å². The summed E-state index contributed by atoms with van der Waals surface area (Å²) in [5.74, 6) is -1.34. The molecule has 5 rings (SSSR count). The van der Waals surface area contributed by atoms with Crippen LogP contribution in [0.25, 0.3) is 22.5 Å². The predicted molar refractivity (Wildman–Crippen MR) is 168 cm³/mol. The molecular weight excluding hydrogens is 661 g/mol. The minimum atomic E-state index is -0.527. The molecule has 7 nitrogen and oxygen atoms in total. The second-order valence-electron chi connectivity index (χ2n) is 8.82. The quantitative estimate of drug-likeness (QED) is 0.0689. The van der Waals surface area contributed by atoms with Gasteiger partial charge in [0.1, 0.15) is 17.3 Å². The molecule has 3 aromatic carbocycles. The van der Waals surface area contributed by atoms with E-state index in [-0.39, 0.29) is 20.6 Å². The van der Waals surface area contributed by atoms with E-state index < -0.39 is 11.7 Å². The van der Waals surface area contributed by atoms with Gasteiger partial charge in [-0.25, -0.2) is 13.3 Å². The number of hydrogen-bond donors (Lipinski definition) is 3. The maximum Gasteiger partial charge on any atom is 0.257 e. The lowest BCUT2D eigenvalue weighted by Gasteiger charge is -2.09. The molecule has 1 amide bonds. The Morgan fingerprint density at radius 2 is 1.78 bits per heavy atom. The Hall–Kier alpha value is -4.29. The first-order valence-corrected chi connectivity index (χ1v) is 13.9. The summed E-state index contributed by atoms with van der Waals surface area (Å²) in [6.45, 7) is 0. The molecule has 1 unspecified atom stereocenters. The number of pyridine rings is 1. The maximum atomic E-state index is 13.5. The average Bonchev–Trinajstić information content (AvgIpc) is 3.33. The summed E-state index contributed by atoms with van der Waals surface area (Å²) < 4.78 is 28.3. The van der Waals surface area contributed by atoms with Crippen LogP contribution in [0.2, 0.25) is 5.02 Å². The second kappa shape index (κ2) is 12.5. The summed E-state index contributed by atoms with van der Waals surface area (Å²) >= 11 is 8.15. The van der Waals surface area contributed by atoms with E-state index in [4.69, 9.17) is 22.4 Å². The van der Waals surface area contributed by atoms with Gasteiger partial charge >= 0.3 is 0 Å². The highest BCUT2D eigenvalue weighted by Gasteiger charge is 2.18. The summed E-state index contributed by atoms with van der Waals surface area (Å²) in [5, 5.41) is 10.7. The Morgan fingerprint density at radius 3 is 2.59 bits per heavy atom. The van der Waals surface area contributed by atoms with E-state index in [0.717, 1.165) is 11.6 Å². The molecule has 0 radical (unpaired) electrons. The Morgan fingerprint density at radius 1 is 1.00 bits per heavy atom. The van der Waals surface area contributed by atoms with Gasteiger partial charge in [-0.1, -0.05) is 35.9 Å². The third kappa shape index (κ3) is 6.72. The number of allylic oxidation sites excluding steroid dienone is 1. The first-order valence-electron chi connectivity index (χ1n) is 12.3. The van der Waals surface area contributed by atoms with Crippen LogP contribution in [-0.4, -0.2) is 25.9 Å². The Bertz CT molecular complexity index is 1810. The molecule has 1 atom stereocenters. The smallest absolute Gasteiger partial charge is 0.257 e. The van der Waals surface area contributed by atoms with Gasteiger partial charge in [-0.3, -0.25) is 9.79 Å². The monoisotopic (exact) mass is 682 g/mol. The first kappa shape index (κ1) is 28.2. The molecule has 0 aliphatic rings. The van der Waals surface area contributed by atoms with E-state index >= 15 is 0 Å². The average molecular weight is 683 g/mol. The van der Waals surface area contributed by atoms with Gasteiger partial charge in [0.05, 0.1) is 21.7 Å². The molecule has 0 spiro atoms. The standard InChI is InChI=1S/C30H22ClF2IN6O/c31-24-17-20(33)10-11-23(24)29(41)37-21-7-3-5-18(15-21)28-27(26-9-1-2-14-40(26)39-28)25(35)12-13-36-30(34)38-22-8-4-6-19(32)16-22/h1-17,30,38H,35H2,(H,37,41)/b25-12-,36-13-. The zero-order valence-corrected chi connectivity index (χ0v) is 24.1. The van der Waals surface area contributed by atoms with Crippen molar-refractivity contribution in [2.45, 2.75) is 4.17 Å². The molecule has 4 N–H and O–H groups in total. The molecule has 0 bridgehead atoms. The number of carbonyl (C=O) groups is 1. The molecule has 2 heterocycles.